The van der Waals surface area contributed by atoms with E-state index in [1.165, 1.54) is 6.07 Å². The van der Waals surface area contributed by atoms with Gasteiger partial charge < -0.3 is 5.11 Å². The standard InChI is InChI=1S/C7H3F2I2NO2/c8-6(9)4-2(10)1-3(11)5(12-4)7(13)14/h1,6H,(H,13,14). The molecule has 1 rings (SSSR count). The number of alkyl halides is 2. The van der Waals surface area contributed by atoms with E-state index >= 15 is 0 Å². The summed E-state index contributed by atoms with van der Waals surface area (Å²) in [5.41, 5.74) is -0.815. The molecule has 0 spiro atoms. The van der Waals surface area contributed by atoms with Gasteiger partial charge in [0.2, 0.25) is 0 Å². The Morgan fingerprint density at radius 3 is 2.43 bits per heavy atom. The van der Waals surface area contributed by atoms with Crippen LogP contribution in [-0.2, 0) is 0 Å². The Balaban J connectivity index is 3.34. The Hall–Kier alpha value is -0.0600. The maximum absolute atomic E-state index is 12.3. The molecule has 1 heterocycles. The number of nitrogens with zero attached hydrogens (tertiary/aromatic N) is 1. The molecule has 0 atom stereocenters. The molecule has 0 aliphatic carbocycles. The third kappa shape index (κ3) is 2.49. The van der Waals surface area contributed by atoms with Crippen molar-refractivity contribution < 1.29 is 18.7 Å². The highest BCUT2D eigenvalue weighted by atomic mass is 127. The van der Waals surface area contributed by atoms with Gasteiger partial charge in [0.05, 0.1) is 0 Å². The number of halogens is 4. The summed E-state index contributed by atoms with van der Waals surface area (Å²) < 4.78 is 25.3. The number of aromatic carboxylic acids is 1. The van der Waals surface area contributed by atoms with Crippen molar-refractivity contribution >= 4 is 51.2 Å². The van der Waals surface area contributed by atoms with Gasteiger partial charge in [-0.05, 0) is 51.2 Å². The maximum Gasteiger partial charge on any atom is 0.355 e. The van der Waals surface area contributed by atoms with Gasteiger partial charge in [0.25, 0.3) is 6.43 Å². The topological polar surface area (TPSA) is 50.2 Å². The predicted molar refractivity (Wildman–Crippen MR) is 61.6 cm³/mol. The summed E-state index contributed by atoms with van der Waals surface area (Å²) in [6, 6.07) is 1.37. The van der Waals surface area contributed by atoms with E-state index in [4.69, 9.17) is 5.11 Å². The quantitative estimate of drug-likeness (QED) is 0.743. The first-order valence-corrected chi connectivity index (χ1v) is 5.46. The van der Waals surface area contributed by atoms with Crippen molar-refractivity contribution in [3.63, 3.8) is 0 Å². The van der Waals surface area contributed by atoms with Crippen LogP contribution in [0.25, 0.3) is 0 Å². The first kappa shape index (κ1) is 12.0. The lowest BCUT2D eigenvalue weighted by Gasteiger charge is -2.05. The molecule has 3 nitrogen and oxygen atoms in total. The fraction of sp³-hybridized carbons (Fsp3) is 0.143. The highest BCUT2D eigenvalue weighted by Gasteiger charge is 2.19. The minimum absolute atomic E-state index is 0.270. The second-order valence-corrected chi connectivity index (χ2v) is 4.62. The smallest absolute Gasteiger partial charge is 0.355 e. The molecule has 0 fully saturated rings. The van der Waals surface area contributed by atoms with Crippen molar-refractivity contribution in [3.05, 3.63) is 24.6 Å². The van der Waals surface area contributed by atoms with Gasteiger partial charge in [0.1, 0.15) is 5.69 Å². The molecule has 1 N–H and O–H groups in total. The van der Waals surface area contributed by atoms with E-state index in [1.54, 1.807) is 45.2 Å². The second kappa shape index (κ2) is 4.64. The van der Waals surface area contributed by atoms with Crippen LogP contribution in [0.1, 0.15) is 22.6 Å². The zero-order chi connectivity index (χ0) is 10.9. The van der Waals surface area contributed by atoms with Gasteiger partial charge in [-0.3, -0.25) is 0 Å². The summed E-state index contributed by atoms with van der Waals surface area (Å²) in [7, 11) is 0. The van der Waals surface area contributed by atoms with Crippen LogP contribution in [0.4, 0.5) is 8.78 Å². The van der Waals surface area contributed by atoms with Crippen molar-refractivity contribution in [1.82, 2.24) is 4.98 Å². The van der Waals surface area contributed by atoms with Crippen LogP contribution >= 0.6 is 45.2 Å². The molecule has 0 saturated heterocycles. The first-order chi connectivity index (χ1) is 6.43. The number of aromatic nitrogens is 1. The van der Waals surface area contributed by atoms with Gasteiger partial charge in [-0.2, -0.15) is 0 Å². The van der Waals surface area contributed by atoms with Crippen LogP contribution in [0.5, 0.6) is 0 Å². The summed E-state index contributed by atoms with van der Waals surface area (Å²) in [5, 5.41) is 8.65. The number of carbonyl (C=O) groups is 1. The van der Waals surface area contributed by atoms with Crippen LogP contribution < -0.4 is 0 Å². The normalized spacial score (nSPS) is 10.6. The Kier molecular flexibility index (Phi) is 3.98. The van der Waals surface area contributed by atoms with Crippen molar-refractivity contribution in [3.8, 4) is 0 Å². The number of carboxylic acid groups (broad SMARTS) is 1. The largest absolute Gasteiger partial charge is 0.476 e. The lowest BCUT2D eigenvalue weighted by Crippen LogP contribution is -2.08. The molecule has 0 aliphatic rings. The molecule has 0 aliphatic heterocycles. The molecule has 0 aromatic carbocycles. The fourth-order valence-corrected chi connectivity index (χ4v) is 2.71. The molecule has 0 saturated carbocycles. The summed E-state index contributed by atoms with van der Waals surface area (Å²) in [5.74, 6) is -1.30. The van der Waals surface area contributed by atoms with Gasteiger partial charge in [-0.15, -0.1) is 0 Å². The number of carboxylic acids is 1. The minimum atomic E-state index is -2.75. The van der Waals surface area contributed by atoms with Gasteiger partial charge >= 0.3 is 5.97 Å². The Bertz CT molecular complexity index is 384. The van der Waals surface area contributed by atoms with E-state index in [-0.39, 0.29) is 9.26 Å². The van der Waals surface area contributed by atoms with Crippen molar-refractivity contribution in [2.75, 3.05) is 0 Å². The van der Waals surface area contributed by atoms with E-state index in [9.17, 15) is 13.6 Å². The predicted octanol–water partition coefficient (Wildman–Crippen LogP) is 2.93. The van der Waals surface area contributed by atoms with Crippen molar-refractivity contribution in [2.24, 2.45) is 0 Å². The lowest BCUT2D eigenvalue weighted by atomic mass is 10.3. The van der Waals surface area contributed by atoms with E-state index in [0.717, 1.165) is 0 Å². The van der Waals surface area contributed by atoms with Gasteiger partial charge in [0.15, 0.2) is 5.69 Å². The molecule has 0 amide bonds. The molecule has 1 aromatic rings. The summed E-state index contributed by atoms with van der Waals surface area (Å²) in [6.45, 7) is 0. The summed E-state index contributed by atoms with van der Waals surface area (Å²) >= 11 is 3.45. The Labute approximate surface area is 105 Å². The molecule has 0 bridgehead atoms. The molecular weight excluding hydrogens is 422 g/mol. The van der Waals surface area contributed by atoms with E-state index < -0.39 is 18.1 Å². The molecule has 14 heavy (non-hydrogen) atoms. The molecule has 7 heteroatoms. The van der Waals surface area contributed by atoms with Crippen molar-refractivity contribution in [1.29, 1.82) is 0 Å². The van der Waals surface area contributed by atoms with Crippen molar-refractivity contribution in [2.45, 2.75) is 6.43 Å². The monoisotopic (exact) mass is 425 g/mol. The van der Waals surface area contributed by atoms with Gasteiger partial charge in [-0.1, -0.05) is 0 Å². The first-order valence-electron chi connectivity index (χ1n) is 3.31. The van der Waals surface area contributed by atoms with E-state index in [2.05, 4.69) is 4.98 Å². The third-order valence-corrected chi connectivity index (χ3v) is 3.05. The second-order valence-electron chi connectivity index (χ2n) is 2.29. The average molecular weight is 425 g/mol. The summed E-state index contributed by atoms with van der Waals surface area (Å²) in [6.07, 6.45) is -2.75. The maximum atomic E-state index is 12.3. The van der Waals surface area contributed by atoms with Crippen LogP contribution in [0.3, 0.4) is 0 Å². The van der Waals surface area contributed by atoms with Crippen LogP contribution in [0.2, 0.25) is 0 Å². The van der Waals surface area contributed by atoms with Crippen LogP contribution in [-0.4, -0.2) is 16.1 Å². The Morgan fingerprint density at radius 1 is 1.43 bits per heavy atom. The number of pyridine rings is 1. The van der Waals surface area contributed by atoms with E-state index in [0.29, 0.717) is 3.57 Å². The molecule has 76 valence electrons. The lowest BCUT2D eigenvalue weighted by molar-refractivity contribution is 0.0687. The molecule has 0 unspecified atom stereocenters. The molecular formula is C7H3F2I2NO2. The highest BCUT2D eigenvalue weighted by Crippen LogP contribution is 2.25. The Morgan fingerprint density at radius 2 is 2.00 bits per heavy atom. The highest BCUT2D eigenvalue weighted by molar-refractivity contribution is 14.1. The zero-order valence-corrected chi connectivity index (χ0v) is 10.8. The SMILES string of the molecule is O=C(O)c1nc(C(F)F)c(I)cc1I. The third-order valence-electron chi connectivity index (χ3n) is 1.37. The fourth-order valence-electron chi connectivity index (χ4n) is 0.784. The molecule has 0 radical (unpaired) electrons. The number of rotatable bonds is 2. The van der Waals surface area contributed by atoms with E-state index in [1.807, 2.05) is 0 Å². The average Bonchev–Trinajstić information content (AvgIpc) is 2.02. The summed E-state index contributed by atoms with van der Waals surface area (Å²) in [4.78, 5) is 14.0. The van der Waals surface area contributed by atoms with Gasteiger partial charge in [-0.25, -0.2) is 18.6 Å². The van der Waals surface area contributed by atoms with Crippen LogP contribution in [0.15, 0.2) is 6.07 Å². The number of hydrogen-bond acceptors (Lipinski definition) is 2. The van der Waals surface area contributed by atoms with Gasteiger partial charge in [0, 0.05) is 7.14 Å². The minimum Gasteiger partial charge on any atom is -0.476 e. The zero-order valence-electron chi connectivity index (χ0n) is 6.47. The van der Waals surface area contributed by atoms with Crippen LogP contribution in [0, 0.1) is 7.14 Å². The molecule has 1 aromatic heterocycles. The number of hydrogen-bond donors (Lipinski definition) is 1.